The molecule has 3 unspecified atom stereocenters. The fourth-order valence-corrected chi connectivity index (χ4v) is 4.88. The molecule has 4 heteroatoms. The first-order chi connectivity index (χ1) is 12.3. The highest BCUT2D eigenvalue weighted by molar-refractivity contribution is 5.48. The van der Waals surface area contributed by atoms with E-state index in [0.717, 1.165) is 19.6 Å². The van der Waals surface area contributed by atoms with Crippen molar-refractivity contribution in [3.63, 3.8) is 0 Å². The number of rotatable bonds is 6. The van der Waals surface area contributed by atoms with Crippen LogP contribution in [0.3, 0.4) is 0 Å². The summed E-state index contributed by atoms with van der Waals surface area (Å²) in [5.74, 6) is 0. The van der Waals surface area contributed by atoms with E-state index in [0.29, 0.717) is 24.8 Å². The molecule has 4 fully saturated rings. The van der Waals surface area contributed by atoms with Gasteiger partial charge in [0.05, 0.1) is 18.8 Å². The van der Waals surface area contributed by atoms with Crippen LogP contribution in [0, 0.1) is 0 Å². The maximum absolute atomic E-state index is 10.5. The fraction of sp³-hybridized carbons (Fsp3) is 0.714. The lowest BCUT2D eigenvalue weighted by atomic mass is 9.90. The first-order valence-corrected chi connectivity index (χ1v) is 10.1. The van der Waals surface area contributed by atoms with Gasteiger partial charge < -0.3 is 14.7 Å². The van der Waals surface area contributed by atoms with E-state index >= 15 is 0 Å². The molecule has 4 nitrogen and oxygen atoms in total. The first kappa shape index (κ1) is 17.3. The number of hydrogen-bond acceptors (Lipinski definition) is 4. The maximum Gasteiger partial charge on any atom is 0.0900 e. The van der Waals surface area contributed by atoms with Gasteiger partial charge in [0.15, 0.2) is 0 Å². The van der Waals surface area contributed by atoms with Crippen LogP contribution in [-0.4, -0.2) is 60.5 Å². The van der Waals surface area contributed by atoms with Gasteiger partial charge in [0, 0.05) is 37.4 Å². The number of benzene rings is 1. The minimum Gasteiger partial charge on any atom is -0.389 e. The SMILES string of the molecule is OC(COC1CCCCC1)CN1CC2CCC1CN2c1ccccc1. The number of nitrogens with zero attached hydrogens (tertiary/aromatic N) is 2. The smallest absolute Gasteiger partial charge is 0.0900 e. The zero-order valence-corrected chi connectivity index (χ0v) is 15.2. The third kappa shape index (κ3) is 4.18. The number of aliphatic hydroxyl groups is 1. The molecular weight excluding hydrogens is 312 g/mol. The maximum atomic E-state index is 10.5. The van der Waals surface area contributed by atoms with Crippen molar-refractivity contribution in [3.05, 3.63) is 30.3 Å². The van der Waals surface area contributed by atoms with Crippen LogP contribution in [-0.2, 0) is 4.74 Å². The Labute approximate surface area is 151 Å². The summed E-state index contributed by atoms with van der Waals surface area (Å²) >= 11 is 0. The Balaban J connectivity index is 1.27. The van der Waals surface area contributed by atoms with E-state index in [1.807, 2.05) is 0 Å². The summed E-state index contributed by atoms with van der Waals surface area (Å²) in [6, 6.07) is 11.9. The molecule has 25 heavy (non-hydrogen) atoms. The van der Waals surface area contributed by atoms with E-state index in [1.54, 1.807) is 0 Å². The second kappa shape index (κ2) is 8.07. The average molecular weight is 344 g/mol. The Morgan fingerprint density at radius 3 is 2.44 bits per heavy atom. The third-order valence-electron chi connectivity index (χ3n) is 6.25. The van der Waals surface area contributed by atoms with Crippen LogP contribution >= 0.6 is 0 Å². The molecular formula is C21H32N2O2. The van der Waals surface area contributed by atoms with E-state index < -0.39 is 0 Å². The summed E-state index contributed by atoms with van der Waals surface area (Å²) in [5.41, 5.74) is 1.35. The molecule has 0 amide bonds. The largest absolute Gasteiger partial charge is 0.389 e. The van der Waals surface area contributed by atoms with Crippen LogP contribution in [0.5, 0.6) is 0 Å². The van der Waals surface area contributed by atoms with Gasteiger partial charge in [0.1, 0.15) is 0 Å². The van der Waals surface area contributed by atoms with Gasteiger partial charge in [-0.1, -0.05) is 37.5 Å². The molecule has 1 aliphatic carbocycles. The van der Waals surface area contributed by atoms with Crippen LogP contribution in [0.4, 0.5) is 5.69 Å². The zero-order chi connectivity index (χ0) is 17.1. The number of ether oxygens (including phenoxy) is 1. The van der Waals surface area contributed by atoms with Crippen LogP contribution in [0.1, 0.15) is 44.9 Å². The van der Waals surface area contributed by atoms with E-state index in [2.05, 4.69) is 40.1 Å². The van der Waals surface area contributed by atoms with E-state index in [9.17, 15) is 5.11 Å². The highest BCUT2D eigenvalue weighted by atomic mass is 16.5. The molecule has 3 heterocycles. The summed E-state index contributed by atoms with van der Waals surface area (Å²) in [4.78, 5) is 5.07. The molecule has 0 spiro atoms. The van der Waals surface area contributed by atoms with Crippen molar-refractivity contribution in [2.75, 3.05) is 31.1 Å². The van der Waals surface area contributed by atoms with Crippen molar-refractivity contribution >= 4 is 5.69 Å². The van der Waals surface area contributed by atoms with Gasteiger partial charge in [-0.3, -0.25) is 4.90 Å². The highest BCUT2D eigenvalue weighted by Crippen LogP contribution is 2.32. The molecule has 2 bridgehead atoms. The molecule has 1 saturated carbocycles. The Morgan fingerprint density at radius 1 is 0.960 bits per heavy atom. The number of para-hydroxylation sites is 1. The molecule has 138 valence electrons. The monoisotopic (exact) mass is 344 g/mol. The number of fused-ring (bicyclic) bond motifs is 3. The minimum absolute atomic E-state index is 0.355. The highest BCUT2D eigenvalue weighted by Gasteiger charge is 2.39. The number of aliphatic hydroxyl groups excluding tert-OH is 1. The third-order valence-corrected chi connectivity index (χ3v) is 6.25. The summed E-state index contributed by atoms with van der Waals surface area (Å²) in [7, 11) is 0. The van der Waals surface area contributed by atoms with E-state index in [4.69, 9.17) is 4.74 Å². The summed E-state index contributed by atoms with van der Waals surface area (Å²) in [5, 5.41) is 10.5. The average Bonchev–Trinajstić information content (AvgIpc) is 2.68. The van der Waals surface area contributed by atoms with Gasteiger partial charge in [-0.05, 0) is 37.8 Å². The van der Waals surface area contributed by atoms with Gasteiger partial charge in [-0.2, -0.15) is 0 Å². The predicted molar refractivity (Wildman–Crippen MR) is 101 cm³/mol. The van der Waals surface area contributed by atoms with Gasteiger partial charge >= 0.3 is 0 Å². The Bertz CT molecular complexity index is 532. The topological polar surface area (TPSA) is 35.9 Å². The minimum atomic E-state index is -0.355. The number of piperazine rings is 1. The summed E-state index contributed by atoms with van der Waals surface area (Å²) < 4.78 is 5.97. The van der Waals surface area contributed by atoms with Crippen LogP contribution in [0.25, 0.3) is 0 Å². The second-order valence-corrected chi connectivity index (χ2v) is 8.07. The molecule has 1 aromatic rings. The lowest BCUT2D eigenvalue weighted by molar-refractivity contribution is -0.0438. The standard InChI is InChI=1S/C21H32N2O2/c24-20(16-25-21-9-5-2-6-10-21)15-22-13-19-12-11-18(22)14-23(19)17-7-3-1-4-8-17/h1,3-4,7-8,18-21,24H,2,5-6,9-16H2. The van der Waals surface area contributed by atoms with Gasteiger partial charge in [0.2, 0.25) is 0 Å². The van der Waals surface area contributed by atoms with Crippen molar-refractivity contribution in [3.8, 4) is 0 Å². The van der Waals surface area contributed by atoms with Crippen molar-refractivity contribution in [1.29, 1.82) is 0 Å². The molecule has 3 atom stereocenters. The normalized spacial score (nSPS) is 29.1. The fourth-order valence-electron chi connectivity index (χ4n) is 4.88. The van der Waals surface area contributed by atoms with E-state index in [-0.39, 0.29) is 6.10 Å². The molecule has 5 rings (SSSR count). The lowest BCUT2D eigenvalue weighted by Gasteiger charge is -2.53. The second-order valence-electron chi connectivity index (χ2n) is 8.07. The Kier molecular flexibility index (Phi) is 5.59. The van der Waals surface area contributed by atoms with Gasteiger partial charge in [-0.25, -0.2) is 0 Å². The van der Waals surface area contributed by atoms with Crippen molar-refractivity contribution in [2.24, 2.45) is 0 Å². The first-order valence-electron chi connectivity index (χ1n) is 10.1. The van der Waals surface area contributed by atoms with Crippen molar-refractivity contribution in [1.82, 2.24) is 4.90 Å². The van der Waals surface area contributed by atoms with Crippen LogP contribution in [0.15, 0.2) is 30.3 Å². The van der Waals surface area contributed by atoms with Crippen LogP contribution < -0.4 is 4.90 Å². The Hall–Kier alpha value is -1.10. The number of hydrogen-bond donors (Lipinski definition) is 1. The van der Waals surface area contributed by atoms with Crippen LogP contribution in [0.2, 0.25) is 0 Å². The predicted octanol–water partition coefficient (Wildman–Crippen LogP) is 3.05. The summed E-state index contributed by atoms with van der Waals surface area (Å²) in [6.45, 7) is 3.42. The van der Waals surface area contributed by atoms with E-state index in [1.165, 1.54) is 50.6 Å². The van der Waals surface area contributed by atoms with Crippen molar-refractivity contribution in [2.45, 2.75) is 69.2 Å². The molecule has 3 aliphatic heterocycles. The molecule has 1 N–H and O–H groups in total. The van der Waals surface area contributed by atoms with Gasteiger partial charge in [0.25, 0.3) is 0 Å². The molecule has 0 aromatic heterocycles. The quantitative estimate of drug-likeness (QED) is 0.860. The molecule has 4 aliphatic rings. The number of anilines is 1. The zero-order valence-electron chi connectivity index (χ0n) is 15.2. The summed E-state index contributed by atoms with van der Waals surface area (Å²) in [6.07, 6.45) is 8.81. The Morgan fingerprint density at radius 2 is 1.72 bits per heavy atom. The lowest BCUT2D eigenvalue weighted by Crippen LogP contribution is -2.64. The molecule has 1 aromatic carbocycles. The number of piperidine rings is 2. The molecule has 3 saturated heterocycles. The molecule has 0 radical (unpaired) electrons. The van der Waals surface area contributed by atoms with Gasteiger partial charge in [-0.15, -0.1) is 0 Å². The van der Waals surface area contributed by atoms with Crippen molar-refractivity contribution < 1.29 is 9.84 Å².